The van der Waals surface area contributed by atoms with Crippen molar-refractivity contribution >= 4 is 35.3 Å². The normalized spacial score (nSPS) is 18.2. The van der Waals surface area contributed by atoms with E-state index in [9.17, 15) is 14.4 Å². The topological polar surface area (TPSA) is 88.1 Å². The van der Waals surface area contributed by atoms with Gasteiger partial charge in [0.05, 0.1) is 12.6 Å². The molecule has 3 rings (SSSR count). The number of ether oxygens (including phenoxy) is 1. The van der Waals surface area contributed by atoms with E-state index in [4.69, 9.17) is 16.3 Å². The van der Waals surface area contributed by atoms with Gasteiger partial charge in [0.1, 0.15) is 5.92 Å². The first-order valence-corrected chi connectivity index (χ1v) is 10.9. The average Bonchev–Trinajstić information content (AvgIpc) is 2.77. The number of nitrogens with one attached hydrogen (secondary N) is 1. The molecule has 4 amide bonds. The molecule has 1 aliphatic heterocycles. The minimum atomic E-state index is -0.910. The third kappa shape index (κ3) is 5.53. The van der Waals surface area contributed by atoms with Crippen molar-refractivity contribution in [2.24, 2.45) is 10.9 Å². The van der Waals surface area contributed by atoms with E-state index in [1.807, 2.05) is 30.3 Å². The van der Waals surface area contributed by atoms with Gasteiger partial charge < -0.3 is 10.1 Å². The average molecular weight is 456 g/mol. The summed E-state index contributed by atoms with van der Waals surface area (Å²) in [6.45, 7) is 3.80. The van der Waals surface area contributed by atoms with Crippen molar-refractivity contribution in [1.82, 2.24) is 10.2 Å². The Kier molecular flexibility index (Phi) is 8.00. The molecule has 1 aliphatic rings. The molecule has 168 valence electrons. The molecule has 0 saturated carbocycles. The van der Waals surface area contributed by atoms with E-state index < -0.39 is 24.1 Å². The van der Waals surface area contributed by atoms with Crippen LogP contribution in [0.25, 0.3) is 0 Å². The van der Waals surface area contributed by atoms with Gasteiger partial charge in [-0.1, -0.05) is 54.1 Å². The maximum atomic E-state index is 13.2. The fourth-order valence-corrected chi connectivity index (χ4v) is 3.98. The zero-order valence-electron chi connectivity index (χ0n) is 18.1. The van der Waals surface area contributed by atoms with E-state index >= 15 is 0 Å². The third-order valence-corrected chi connectivity index (χ3v) is 5.48. The van der Waals surface area contributed by atoms with Crippen LogP contribution in [-0.4, -0.2) is 41.8 Å². The lowest BCUT2D eigenvalue weighted by atomic mass is 9.86. The van der Waals surface area contributed by atoms with Gasteiger partial charge in [-0.15, -0.1) is 0 Å². The Labute approximate surface area is 192 Å². The summed E-state index contributed by atoms with van der Waals surface area (Å²) in [5.41, 5.74) is 2.08. The van der Waals surface area contributed by atoms with Crippen LogP contribution >= 0.6 is 11.6 Å². The molecule has 32 heavy (non-hydrogen) atoms. The Hall–Kier alpha value is -3.19. The SMILES string of the molecule is CCOC(=O)N1C(=O)N=C(C)C(C(=O)NCCCc2ccccc2)C1c1cccc(Cl)c1. The molecule has 0 bridgehead atoms. The molecular formula is C24H26ClN3O4. The molecule has 0 aliphatic carbocycles. The molecule has 8 heteroatoms. The molecule has 1 heterocycles. The fraction of sp³-hybridized carbons (Fsp3) is 0.333. The molecule has 2 aromatic rings. The molecule has 0 spiro atoms. The Morgan fingerprint density at radius 2 is 1.91 bits per heavy atom. The van der Waals surface area contributed by atoms with Crippen LogP contribution in [0.15, 0.2) is 59.6 Å². The second-order valence-electron chi connectivity index (χ2n) is 7.46. The Bertz CT molecular complexity index is 1010. The summed E-state index contributed by atoms with van der Waals surface area (Å²) in [4.78, 5) is 43.3. The van der Waals surface area contributed by atoms with Gasteiger partial charge in [0, 0.05) is 17.3 Å². The van der Waals surface area contributed by atoms with Crippen molar-refractivity contribution in [3.63, 3.8) is 0 Å². The Morgan fingerprint density at radius 3 is 2.59 bits per heavy atom. The Balaban J connectivity index is 1.83. The van der Waals surface area contributed by atoms with Crippen LogP contribution in [0.5, 0.6) is 0 Å². The minimum absolute atomic E-state index is 0.0872. The maximum absolute atomic E-state index is 13.2. The number of nitrogens with zero attached hydrogens (tertiary/aromatic N) is 2. The van der Waals surface area contributed by atoms with Crippen molar-refractivity contribution in [3.8, 4) is 0 Å². The third-order valence-electron chi connectivity index (χ3n) is 5.24. The molecule has 0 fully saturated rings. The standard InChI is InChI=1S/C24H26ClN3O4/c1-3-32-24(31)28-21(18-12-7-13-19(25)15-18)20(16(2)27-23(28)30)22(29)26-14-8-11-17-9-5-4-6-10-17/h4-7,9-10,12-13,15,20-21H,3,8,11,14H2,1-2H3,(H,26,29). The number of hydrogen-bond donors (Lipinski definition) is 1. The first-order chi connectivity index (χ1) is 15.4. The number of halogens is 1. The summed E-state index contributed by atoms with van der Waals surface area (Å²) in [5.74, 6) is -1.17. The maximum Gasteiger partial charge on any atom is 0.418 e. The highest BCUT2D eigenvalue weighted by Crippen LogP contribution is 2.35. The largest absolute Gasteiger partial charge is 0.449 e. The van der Waals surface area contributed by atoms with Gasteiger partial charge >= 0.3 is 12.1 Å². The van der Waals surface area contributed by atoms with Gasteiger partial charge in [0.25, 0.3) is 0 Å². The predicted octanol–water partition coefficient (Wildman–Crippen LogP) is 4.80. The summed E-state index contributed by atoms with van der Waals surface area (Å²) < 4.78 is 5.08. The molecule has 0 saturated heterocycles. The van der Waals surface area contributed by atoms with Crippen molar-refractivity contribution in [2.75, 3.05) is 13.2 Å². The molecule has 2 aromatic carbocycles. The van der Waals surface area contributed by atoms with Crippen molar-refractivity contribution < 1.29 is 19.1 Å². The minimum Gasteiger partial charge on any atom is -0.449 e. The summed E-state index contributed by atoms with van der Waals surface area (Å²) in [6, 6.07) is 15.1. The van der Waals surface area contributed by atoms with E-state index in [0.717, 1.165) is 17.7 Å². The van der Waals surface area contributed by atoms with E-state index in [0.29, 0.717) is 22.8 Å². The van der Waals surface area contributed by atoms with Crippen LogP contribution in [0.1, 0.15) is 37.4 Å². The number of amides is 4. The van der Waals surface area contributed by atoms with Crippen LogP contribution in [0.3, 0.4) is 0 Å². The molecule has 1 N–H and O–H groups in total. The van der Waals surface area contributed by atoms with E-state index in [2.05, 4.69) is 10.3 Å². The van der Waals surface area contributed by atoms with Crippen molar-refractivity contribution in [2.45, 2.75) is 32.7 Å². The quantitative estimate of drug-likeness (QED) is 0.607. The van der Waals surface area contributed by atoms with Gasteiger partial charge in [-0.2, -0.15) is 0 Å². The number of benzene rings is 2. The first kappa shape index (κ1) is 23.5. The lowest BCUT2D eigenvalue weighted by Gasteiger charge is -2.36. The lowest BCUT2D eigenvalue weighted by Crippen LogP contribution is -2.52. The fourth-order valence-electron chi connectivity index (χ4n) is 3.78. The number of carbonyl (C=O) groups is 3. The summed E-state index contributed by atoms with van der Waals surface area (Å²) in [5, 5.41) is 3.36. The molecule has 7 nitrogen and oxygen atoms in total. The van der Waals surface area contributed by atoms with Gasteiger partial charge in [-0.05, 0) is 49.9 Å². The number of aliphatic imine (C=N–C) groups is 1. The first-order valence-electron chi connectivity index (χ1n) is 10.5. The van der Waals surface area contributed by atoms with Crippen LogP contribution in [-0.2, 0) is 16.0 Å². The summed E-state index contributed by atoms with van der Waals surface area (Å²) >= 11 is 6.16. The van der Waals surface area contributed by atoms with Gasteiger partial charge in [0.15, 0.2) is 0 Å². The monoisotopic (exact) mass is 455 g/mol. The van der Waals surface area contributed by atoms with Crippen molar-refractivity contribution in [1.29, 1.82) is 0 Å². The Morgan fingerprint density at radius 1 is 1.16 bits per heavy atom. The second-order valence-corrected chi connectivity index (χ2v) is 7.90. The number of urea groups is 1. The van der Waals surface area contributed by atoms with Gasteiger partial charge in [-0.25, -0.2) is 19.5 Å². The lowest BCUT2D eigenvalue weighted by molar-refractivity contribution is -0.124. The van der Waals surface area contributed by atoms with Crippen LogP contribution in [0, 0.1) is 5.92 Å². The highest BCUT2D eigenvalue weighted by Gasteiger charge is 2.45. The van der Waals surface area contributed by atoms with E-state index in [1.165, 1.54) is 5.56 Å². The summed E-state index contributed by atoms with van der Waals surface area (Å²) in [7, 11) is 0. The van der Waals surface area contributed by atoms with E-state index in [1.54, 1.807) is 38.1 Å². The van der Waals surface area contributed by atoms with Gasteiger partial charge in [-0.3, -0.25) is 4.79 Å². The zero-order valence-corrected chi connectivity index (χ0v) is 18.8. The second kappa shape index (κ2) is 10.9. The molecular weight excluding hydrogens is 430 g/mol. The number of rotatable bonds is 7. The molecule has 2 unspecified atom stereocenters. The van der Waals surface area contributed by atoms with Crippen molar-refractivity contribution in [3.05, 3.63) is 70.7 Å². The molecule has 0 radical (unpaired) electrons. The van der Waals surface area contributed by atoms with E-state index in [-0.39, 0.29) is 12.5 Å². The molecule has 0 aromatic heterocycles. The van der Waals surface area contributed by atoms with Crippen LogP contribution in [0.4, 0.5) is 9.59 Å². The number of carbonyl (C=O) groups excluding carboxylic acids is 3. The smallest absolute Gasteiger partial charge is 0.418 e. The highest BCUT2D eigenvalue weighted by atomic mass is 35.5. The number of aryl methyl sites for hydroxylation is 1. The van der Waals surface area contributed by atoms with Gasteiger partial charge in [0.2, 0.25) is 5.91 Å². The number of imide groups is 1. The van der Waals surface area contributed by atoms with Crippen LogP contribution in [0.2, 0.25) is 5.02 Å². The molecule has 2 atom stereocenters. The van der Waals surface area contributed by atoms with Crippen LogP contribution < -0.4 is 5.32 Å². The summed E-state index contributed by atoms with van der Waals surface area (Å²) in [6.07, 6.45) is 0.728. The predicted molar refractivity (Wildman–Crippen MR) is 123 cm³/mol. The number of hydrogen-bond acceptors (Lipinski definition) is 4. The highest BCUT2D eigenvalue weighted by molar-refractivity contribution is 6.30. The zero-order chi connectivity index (χ0) is 23.1.